The first-order chi connectivity index (χ1) is 6.88. The first-order valence-corrected chi connectivity index (χ1v) is 7.01. The first kappa shape index (κ1) is 10.4. The van der Waals surface area contributed by atoms with E-state index in [1.165, 1.54) is 23.5 Å². The zero-order valence-corrected chi connectivity index (χ0v) is 9.69. The van der Waals surface area contributed by atoms with E-state index < -0.39 is 0 Å². The summed E-state index contributed by atoms with van der Waals surface area (Å²) in [4.78, 5) is 0. The molecule has 2 rings (SSSR count). The molecule has 1 aromatic carbocycles. The van der Waals surface area contributed by atoms with Crippen LogP contribution in [0.2, 0.25) is 0 Å². The molecule has 3 heteroatoms. The molecule has 0 saturated carbocycles. The van der Waals surface area contributed by atoms with Crippen molar-refractivity contribution in [2.75, 3.05) is 11.5 Å². The van der Waals surface area contributed by atoms with Gasteiger partial charge in [0.05, 0.1) is 10.6 Å². The van der Waals surface area contributed by atoms with Gasteiger partial charge < -0.3 is 5.73 Å². The number of nitrogens with two attached hydrogens (primary N) is 1. The topological polar surface area (TPSA) is 26.0 Å². The molecule has 0 spiro atoms. The molecule has 1 heterocycles. The minimum atomic E-state index is 0.187. The Morgan fingerprint density at radius 3 is 2.43 bits per heavy atom. The van der Waals surface area contributed by atoms with Crippen LogP contribution in [0.3, 0.4) is 0 Å². The quantitative estimate of drug-likeness (QED) is 0.838. The van der Waals surface area contributed by atoms with Gasteiger partial charge in [-0.2, -0.15) is 0 Å². The van der Waals surface area contributed by atoms with E-state index in [1.807, 2.05) is 29.6 Å². The Morgan fingerprint density at radius 2 is 1.79 bits per heavy atom. The lowest BCUT2D eigenvalue weighted by molar-refractivity contribution is 0.795. The zero-order chi connectivity index (χ0) is 9.80. The van der Waals surface area contributed by atoms with Gasteiger partial charge >= 0.3 is 0 Å². The van der Waals surface area contributed by atoms with Crippen LogP contribution in [-0.4, -0.2) is 16.1 Å². The van der Waals surface area contributed by atoms with E-state index in [4.69, 9.17) is 5.73 Å². The van der Waals surface area contributed by atoms with Gasteiger partial charge in [-0.25, -0.2) is 0 Å². The molecule has 0 bridgehead atoms. The van der Waals surface area contributed by atoms with Crippen LogP contribution in [0.4, 0.5) is 0 Å². The summed E-state index contributed by atoms with van der Waals surface area (Å²) in [5.74, 6) is 2.52. The highest BCUT2D eigenvalue weighted by Crippen LogP contribution is 2.37. The second-order valence-corrected chi connectivity index (χ2v) is 6.20. The average Bonchev–Trinajstić information content (AvgIpc) is 2.30. The Morgan fingerprint density at radius 1 is 1.14 bits per heavy atom. The maximum Gasteiger partial charge on any atom is 0.0694 e. The van der Waals surface area contributed by atoms with Gasteiger partial charge in [-0.15, -0.1) is 23.5 Å². The molecule has 1 aromatic rings. The predicted molar refractivity (Wildman–Crippen MR) is 66.7 cm³/mol. The molecular weight excluding hydrogens is 210 g/mol. The third kappa shape index (κ3) is 2.47. The van der Waals surface area contributed by atoms with Crippen LogP contribution < -0.4 is 5.73 Å². The van der Waals surface area contributed by atoms with Crippen LogP contribution in [0.25, 0.3) is 0 Å². The normalized spacial score (nSPS) is 20.6. The fourth-order valence-corrected chi connectivity index (χ4v) is 4.51. The second-order valence-electron chi connectivity index (χ2n) is 3.40. The van der Waals surface area contributed by atoms with Gasteiger partial charge in [0.15, 0.2) is 0 Å². The summed E-state index contributed by atoms with van der Waals surface area (Å²) in [5, 5.41) is 0. The highest BCUT2D eigenvalue weighted by atomic mass is 32.2. The van der Waals surface area contributed by atoms with Gasteiger partial charge in [0.1, 0.15) is 0 Å². The number of benzene rings is 1. The van der Waals surface area contributed by atoms with Crippen molar-refractivity contribution in [3.05, 3.63) is 35.9 Å². The number of hydrogen-bond donors (Lipinski definition) is 1. The average molecular weight is 225 g/mol. The third-order valence-corrected chi connectivity index (χ3v) is 5.44. The Labute approximate surface area is 93.8 Å². The van der Waals surface area contributed by atoms with Gasteiger partial charge in [0.25, 0.3) is 0 Å². The van der Waals surface area contributed by atoms with E-state index >= 15 is 0 Å². The molecule has 14 heavy (non-hydrogen) atoms. The maximum atomic E-state index is 6.23. The van der Waals surface area contributed by atoms with Gasteiger partial charge in [0.2, 0.25) is 0 Å². The highest BCUT2D eigenvalue weighted by molar-refractivity contribution is 8.17. The summed E-state index contributed by atoms with van der Waals surface area (Å²) in [6.07, 6.45) is 1.33. The molecule has 0 radical (unpaired) electrons. The van der Waals surface area contributed by atoms with E-state index in [9.17, 15) is 0 Å². The summed E-state index contributed by atoms with van der Waals surface area (Å²) in [6.45, 7) is 0. The third-order valence-electron chi connectivity index (χ3n) is 2.33. The van der Waals surface area contributed by atoms with Crippen molar-refractivity contribution in [1.82, 2.24) is 0 Å². The van der Waals surface area contributed by atoms with Crippen LogP contribution in [-0.2, 0) is 0 Å². The van der Waals surface area contributed by atoms with Crippen LogP contribution in [0, 0.1) is 0 Å². The fourth-order valence-electron chi connectivity index (χ4n) is 1.55. The maximum absolute atomic E-state index is 6.23. The molecule has 1 aliphatic rings. The molecule has 1 aliphatic heterocycles. The Hall–Kier alpha value is -0.120. The summed E-state index contributed by atoms with van der Waals surface area (Å²) >= 11 is 4.01. The predicted octanol–water partition coefficient (Wildman–Crippen LogP) is 2.88. The Balaban J connectivity index is 2.03. The summed E-state index contributed by atoms with van der Waals surface area (Å²) in [7, 11) is 0. The fraction of sp³-hybridized carbons (Fsp3) is 0.455. The van der Waals surface area contributed by atoms with Crippen molar-refractivity contribution in [3.63, 3.8) is 0 Å². The van der Waals surface area contributed by atoms with Gasteiger partial charge in [-0.1, -0.05) is 30.3 Å². The van der Waals surface area contributed by atoms with Crippen LogP contribution in [0.1, 0.15) is 18.0 Å². The molecular formula is C11H15NS2. The van der Waals surface area contributed by atoms with E-state index in [1.54, 1.807) is 0 Å². The molecule has 0 aromatic heterocycles. The molecule has 0 unspecified atom stereocenters. The van der Waals surface area contributed by atoms with E-state index in [-0.39, 0.29) is 6.04 Å². The van der Waals surface area contributed by atoms with E-state index in [2.05, 4.69) is 24.3 Å². The molecule has 1 saturated heterocycles. The van der Waals surface area contributed by atoms with Gasteiger partial charge in [-0.3, -0.25) is 0 Å². The molecule has 76 valence electrons. The van der Waals surface area contributed by atoms with Crippen molar-refractivity contribution in [2.45, 2.75) is 17.0 Å². The molecule has 1 atom stereocenters. The second kappa shape index (κ2) is 5.10. The highest BCUT2D eigenvalue weighted by Gasteiger charge is 2.22. The van der Waals surface area contributed by atoms with Crippen molar-refractivity contribution < 1.29 is 0 Å². The van der Waals surface area contributed by atoms with Crippen molar-refractivity contribution in [3.8, 4) is 0 Å². The SMILES string of the molecule is N[C@@H](c1ccccc1)C1SCCCS1. The van der Waals surface area contributed by atoms with E-state index in [0.717, 1.165) is 0 Å². The smallest absolute Gasteiger partial charge is 0.0694 e. The summed E-state index contributed by atoms with van der Waals surface area (Å²) in [5.41, 5.74) is 7.49. The molecule has 2 N–H and O–H groups in total. The summed E-state index contributed by atoms with van der Waals surface area (Å²) < 4.78 is 0.547. The molecule has 1 nitrogen and oxygen atoms in total. The Kier molecular flexibility index (Phi) is 3.79. The number of thioether (sulfide) groups is 2. The van der Waals surface area contributed by atoms with Crippen LogP contribution in [0.15, 0.2) is 30.3 Å². The molecule has 1 fully saturated rings. The van der Waals surface area contributed by atoms with Crippen LogP contribution >= 0.6 is 23.5 Å². The zero-order valence-electron chi connectivity index (χ0n) is 8.06. The number of rotatable bonds is 2. The Bertz CT molecular complexity index is 270. The largest absolute Gasteiger partial charge is 0.322 e. The standard InChI is InChI=1S/C11H15NS2/c12-10(9-5-2-1-3-6-9)11-13-7-4-8-14-11/h1-3,5-6,10-11H,4,7-8,12H2/t10-/m0/s1. The lowest BCUT2D eigenvalue weighted by Gasteiger charge is -2.26. The minimum Gasteiger partial charge on any atom is -0.322 e. The molecule has 0 amide bonds. The van der Waals surface area contributed by atoms with Crippen LogP contribution in [0.5, 0.6) is 0 Å². The van der Waals surface area contributed by atoms with Crippen molar-refractivity contribution in [2.24, 2.45) is 5.73 Å². The monoisotopic (exact) mass is 225 g/mol. The lowest BCUT2D eigenvalue weighted by atomic mass is 10.1. The van der Waals surface area contributed by atoms with Crippen molar-refractivity contribution >= 4 is 23.5 Å². The minimum absolute atomic E-state index is 0.187. The lowest BCUT2D eigenvalue weighted by Crippen LogP contribution is -2.23. The van der Waals surface area contributed by atoms with Gasteiger partial charge in [0, 0.05) is 0 Å². The van der Waals surface area contributed by atoms with Gasteiger partial charge in [-0.05, 0) is 23.5 Å². The van der Waals surface area contributed by atoms with Crippen molar-refractivity contribution in [1.29, 1.82) is 0 Å². The summed E-state index contributed by atoms with van der Waals surface area (Å²) in [6, 6.07) is 10.6. The molecule has 0 aliphatic carbocycles. The number of hydrogen-bond acceptors (Lipinski definition) is 3. The first-order valence-electron chi connectivity index (χ1n) is 4.91. The van der Waals surface area contributed by atoms with E-state index in [0.29, 0.717) is 4.58 Å².